The van der Waals surface area contributed by atoms with Gasteiger partial charge in [-0.1, -0.05) is 0 Å². The zero-order valence-electron chi connectivity index (χ0n) is 8.96. The Bertz CT molecular complexity index is 355. The van der Waals surface area contributed by atoms with Crippen molar-refractivity contribution in [3.05, 3.63) is 15.6 Å². The molecule has 0 spiro atoms. The molecule has 1 fully saturated rings. The van der Waals surface area contributed by atoms with Crippen LogP contribution in [0.5, 0.6) is 0 Å². The molecule has 1 unspecified atom stereocenters. The summed E-state index contributed by atoms with van der Waals surface area (Å²) >= 11 is 1.72. The second kappa shape index (κ2) is 4.28. The van der Waals surface area contributed by atoms with Crippen LogP contribution in [-0.2, 0) is 11.3 Å². The third-order valence-corrected chi connectivity index (χ3v) is 3.67. The summed E-state index contributed by atoms with van der Waals surface area (Å²) in [5, 5.41) is 7.24. The molecule has 0 bridgehead atoms. The van der Waals surface area contributed by atoms with Gasteiger partial charge in [0.15, 0.2) is 0 Å². The number of carbonyl (C=O) groups is 1. The van der Waals surface area contributed by atoms with Gasteiger partial charge in [0.25, 0.3) is 0 Å². The molecule has 2 N–H and O–H groups in total. The summed E-state index contributed by atoms with van der Waals surface area (Å²) < 4.78 is 0. The molecule has 15 heavy (non-hydrogen) atoms. The molecule has 1 aromatic heterocycles. The summed E-state index contributed by atoms with van der Waals surface area (Å²) in [5.41, 5.74) is 1.11. The lowest BCUT2D eigenvalue weighted by molar-refractivity contribution is -0.119. The Morgan fingerprint density at radius 3 is 2.93 bits per heavy atom. The second-order valence-electron chi connectivity index (χ2n) is 3.84. The molecule has 1 saturated heterocycles. The van der Waals surface area contributed by atoms with E-state index in [0.29, 0.717) is 6.42 Å². The van der Waals surface area contributed by atoms with Crippen LogP contribution < -0.4 is 10.6 Å². The van der Waals surface area contributed by atoms with Crippen molar-refractivity contribution in [2.24, 2.45) is 0 Å². The summed E-state index contributed by atoms with van der Waals surface area (Å²) in [6.07, 6.45) is 0.587. The molecular weight excluding hydrogens is 210 g/mol. The Morgan fingerprint density at radius 1 is 1.60 bits per heavy atom. The zero-order chi connectivity index (χ0) is 10.8. The van der Waals surface area contributed by atoms with Gasteiger partial charge in [-0.25, -0.2) is 4.98 Å². The Balaban J connectivity index is 1.85. The number of hydrogen-bond donors (Lipinski definition) is 2. The normalized spacial score (nSPS) is 20.7. The number of amides is 1. The highest BCUT2D eigenvalue weighted by atomic mass is 32.1. The summed E-state index contributed by atoms with van der Waals surface area (Å²) in [7, 11) is 0. The molecule has 1 aliphatic heterocycles. The van der Waals surface area contributed by atoms with E-state index in [9.17, 15) is 4.79 Å². The third kappa shape index (κ3) is 2.54. The number of nitrogens with one attached hydrogen (secondary N) is 2. The minimum atomic E-state index is 0.138. The van der Waals surface area contributed by atoms with Crippen LogP contribution in [0.2, 0.25) is 0 Å². The lowest BCUT2D eigenvalue weighted by Crippen LogP contribution is -2.30. The average molecular weight is 225 g/mol. The SMILES string of the molecule is Cc1nc(CNC2CNC(=O)C2)sc1C. The molecule has 82 valence electrons. The van der Waals surface area contributed by atoms with Gasteiger partial charge in [0.05, 0.1) is 5.69 Å². The lowest BCUT2D eigenvalue weighted by Gasteiger charge is -2.07. The monoisotopic (exact) mass is 225 g/mol. The van der Waals surface area contributed by atoms with Crippen molar-refractivity contribution < 1.29 is 4.79 Å². The highest BCUT2D eigenvalue weighted by Gasteiger charge is 2.20. The van der Waals surface area contributed by atoms with Gasteiger partial charge in [0.2, 0.25) is 5.91 Å². The van der Waals surface area contributed by atoms with E-state index in [1.165, 1.54) is 4.88 Å². The van der Waals surface area contributed by atoms with Gasteiger partial charge >= 0.3 is 0 Å². The van der Waals surface area contributed by atoms with E-state index in [1.54, 1.807) is 11.3 Å². The number of aromatic nitrogens is 1. The minimum Gasteiger partial charge on any atom is -0.354 e. The maximum Gasteiger partial charge on any atom is 0.221 e. The summed E-state index contributed by atoms with van der Waals surface area (Å²) in [4.78, 5) is 16.7. The van der Waals surface area contributed by atoms with Crippen molar-refractivity contribution in [3.63, 3.8) is 0 Å². The van der Waals surface area contributed by atoms with Gasteiger partial charge in [-0.15, -0.1) is 11.3 Å². The van der Waals surface area contributed by atoms with Gasteiger partial charge in [-0.2, -0.15) is 0 Å². The van der Waals surface area contributed by atoms with Gasteiger partial charge in [0, 0.05) is 30.4 Å². The van der Waals surface area contributed by atoms with Crippen LogP contribution in [0.1, 0.15) is 22.0 Å². The van der Waals surface area contributed by atoms with Crippen LogP contribution in [0.3, 0.4) is 0 Å². The quantitative estimate of drug-likeness (QED) is 0.797. The Hall–Kier alpha value is -0.940. The molecule has 1 aromatic rings. The molecule has 0 aromatic carbocycles. The molecular formula is C10H15N3OS. The molecule has 5 heteroatoms. The van der Waals surface area contributed by atoms with Crippen molar-refractivity contribution in [3.8, 4) is 0 Å². The van der Waals surface area contributed by atoms with Crippen LogP contribution in [-0.4, -0.2) is 23.5 Å². The number of rotatable bonds is 3. The molecule has 4 nitrogen and oxygen atoms in total. The molecule has 2 heterocycles. The molecule has 0 radical (unpaired) electrons. The molecule has 1 aliphatic rings. The first-order valence-corrected chi connectivity index (χ1v) is 5.90. The third-order valence-electron chi connectivity index (χ3n) is 2.59. The highest BCUT2D eigenvalue weighted by Crippen LogP contribution is 2.16. The lowest BCUT2D eigenvalue weighted by atomic mass is 10.2. The fraction of sp³-hybridized carbons (Fsp3) is 0.600. The van der Waals surface area contributed by atoms with Crippen LogP contribution in [0, 0.1) is 13.8 Å². The Labute approximate surface area is 93.1 Å². The van der Waals surface area contributed by atoms with E-state index in [4.69, 9.17) is 0 Å². The van der Waals surface area contributed by atoms with Gasteiger partial charge in [0.1, 0.15) is 5.01 Å². The fourth-order valence-electron chi connectivity index (χ4n) is 1.60. The summed E-state index contributed by atoms with van der Waals surface area (Å²) in [5.74, 6) is 0.138. The van der Waals surface area contributed by atoms with Crippen LogP contribution in [0.15, 0.2) is 0 Å². The van der Waals surface area contributed by atoms with Crippen LogP contribution >= 0.6 is 11.3 Å². The van der Waals surface area contributed by atoms with Gasteiger partial charge < -0.3 is 10.6 Å². The smallest absolute Gasteiger partial charge is 0.221 e. The van der Waals surface area contributed by atoms with Crippen molar-refractivity contribution in [1.29, 1.82) is 0 Å². The Kier molecular flexibility index (Phi) is 3.02. The topological polar surface area (TPSA) is 54.0 Å². The van der Waals surface area contributed by atoms with E-state index < -0.39 is 0 Å². The summed E-state index contributed by atoms with van der Waals surface area (Å²) in [6, 6.07) is 0.266. The average Bonchev–Trinajstić information content (AvgIpc) is 2.72. The number of nitrogens with zero attached hydrogens (tertiary/aromatic N) is 1. The van der Waals surface area contributed by atoms with Gasteiger partial charge in [-0.05, 0) is 13.8 Å². The number of carbonyl (C=O) groups excluding carboxylic acids is 1. The highest BCUT2D eigenvalue weighted by molar-refractivity contribution is 7.11. The van der Waals surface area contributed by atoms with Crippen molar-refractivity contribution in [1.82, 2.24) is 15.6 Å². The maximum absolute atomic E-state index is 11.0. The first-order valence-electron chi connectivity index (χ1n) is 5.08. The van der Waals surface area contributed by atoms with Gasteiger partial charge in [-0.3, -0.25) is 4.79 Å². The zero-order valence-corrected chi connectivity index (χ0v) is 9.78. The van der Waals surface area contributed by atoms with Crippen molar-refractivity contribution in [2.75, 3.05) is 6.54 Å². The second-order valence-corrected chi connectivity index (χ2v) is 5.12. The van der Waals surface area contributed by atoms with E-state index in [-0.39, 0.29) is 11.9 Å². The number of thiazole rings is 1. The van der Waals surface area contributed by atoms with E-state index >= 15 is 0 Å². The first-order chi connectivity index (χ1) is 7.15. The molecule has 1 atom stereocenters. The number of hydrogen-bond acceptors (Lipinski definition) is 4. The molecule has 1 amide bonds. The largest absolute Gasteiger partial charge is 0.354 e. The standard InChI is InChI=1S/C10H15N3OS/c1-6-7(2)15-10(13-6)5-11-8-3-9(14)12-4-8/h8,11H,3-5H2,1-2H3,(H,12,14). The maximum atomic E-state index is 11.0. The van der Waals surface area contributed by atoms with Crippen molar-refractivity contribution in [2.45, 2.75) is 32.9 Å². The van der Waals surface area contributed by atoms with Crippen LogP contribution in [0.4, 0.5) is 0 Å². The van der Waals surface area contributed by atoms with E-state index in [0.717, 1.165) is 23.8 Å². The molecule has 0 aliphatic carbocycles. The molecule has 2 rings (SSSR count). The van der Waals surface area contributed by atoms with Crippen LogP contribution in [0.25, 0.3) is 0 Å². The Morgan fingerprint density at radius 2 is 2.40 bits per heavy atom. The predicted octanol–water partition coefficient (Wildman–Crippen LogP) is 0.738. The summed E-state index contributed by atoms with van der Waals surface area (Å²) in [6.45, 7) is 5.61. The molecule has 0 saturated carbocycles. The minimum absolute atomic E-state index is 0.138. The van der Waals surface area contributed by atoms with Crippen molar-refractivity contribution >= 4 is 17.2 Å². The predicted molar refractivity (Wildman–Crippen MR) is 59.8 cm³/mol. The number of aryl methyl sites for hydroxylation is 2. The van der Waals surface area contributed by atoms with E-state index in [1.807, 2.05) is 6.92 Å². The van der Waals surface area contributed by atoms with E-state index in [2.05, 4.69) is 22.5 Å². The first kappa shape index (κ1) is 10.6. The fourth-order valence-corrected chi connectivity index (χ4v) is 2.48.